The highest BCUT2D eigenvalue weighted by atomic mass is 16.3. The molecule has 0 aromatic carbocycles. The SMILES string of the molecule is CCNC(c1c(C)oc(C)c1C)c1nccn1CC. The lowest BCUT2D eigenvalue weighted by Crippen LogP contribution is -2.26. The van der Waals surface area contributed by atoms with Crippen molar-refractivity contribution < 1.29 is 4.42 Å². The molecule has 0 saturated carbocycles. The Hall–Kier alpha value is -1.55. The summed E-state index contributed by atoms with van der Waals surface area (Å²) in [6.45, 7) is 12.2. The Balaban J connectivity index is 2.51. The maximum atomic E-state index is 5.77. The summed E-state index contributed by atoms with van der Waals surface area (Å²) in [4.78, 5) is 4.53. The summed E-state index contributed by atoms with van der Waals surface area (Å²) in [7, 11) is 0. The van der Waals surface area contributed by atoms with Gasteiger partial charge in [0.05, 0.1) is 6.04 Å². The van der Waals surface area contributed by atoms with Crippen molar-refractivity contribution in [3.05, 3.63) is 40.9 Å². The third-order valence-electron chi connectivity index (χ3n) is 3.66. The van der Waals surface area contributed by atoms with E-state index in [0.717, 1.165) is 30.4 Å². The zero-order valence-electron chi connectivity index (χ0n) is 12.4. The largest absolute Gasteiger partial charge is 0.466 e. The molecule has 2 aromatic rings. The molecular weight excluding hydrogens is 238 g/mol. The first-order chi connectivity index (χ1) is 9.10. The van der Waals surface area contributed by atoms with E-state index in [4.69, 9.17) is 4.42 Å². The molecule has 1 N–H and O–H groups in total. The molecule has 0 bridgehead atoms. The first kappa shape index (κ1) is 13.9. The Labute approximate surface area is 114 Å². The Morgan fingerprint density at radius 1 is 1.26 bits per heavy atom. The summed E-state index contributed by atoms with van der Waals surface area (Å²) in [6.07, 6.45) is 3.89. The second-order valence-corrected chi connectivity index (χ2v) is 4.82. The second-order valence-electron chi connectivity index (χ2n) is 4.82. The third kappa shape index (κ3) is 2.45. The molecule has 104 valence electrons. The minimum atomic E-state index is 0.0948. The lowest BCUT2D eigenvalue weighted by atomic mass is 10.0. The number of rotatable bonds is 5. The van der Waals surface area contributed by atoms with Crippen LogP contribution in [0.25, 0.3) is 0 Å². The Morgan fingerprint density at radius 3 is 2.53 bits per heavy atom. The van der Waals surface area contributed by atoms with E-state index in [-0.39, 0.29) is 6.04 Å². The van der Waals surface area contributed by atoms with Crippen LogP contribution in [0.2, 0.25) is 0 Å². The van der Waals surface area contributed by atoms with Gasteiger partial charge < -0.3 is 14.3 Å². The van der Waals surface area contributed by atoms with Gasteiger partial charge in [-0.3, -0.25) is 0 Å². The van der Waals surface area contributed by atoms with Gasteiger partial charge in [0.25, 0.3) is 0 Å². The minimum Gasteiger partial charge on any atom is -0.466 e. The molecule has 0 amide bonds. The van der Waals surface area contributed by atoms with Crippen LogP contribution in [-0.4, -0.2) is 16.1 Å². The molecule has 0 spiro atoms. The average molecular weight is 261 g/mol. The molecular formula is C15H23N3O. The van der Waals surface area contributed by atoms with Gasteiger partial charge in [0.15, 0.2) is 0 Å². The number of nitrogens with zero attached hydrogens (tertiary/aromatic N) is 2. The monoisotopic (exact) mass is 261 g/mol. The molecule has 0 aliphatic carbocycles. The summed E-state index contributed by atoms with van der Waals surface area (Å²) < 4.78 is 7.94. The molecule has 1 atom stereocenters. The number of imidazole rings is 1. The van der Waals surface area contributed by atoms with Crippen LogP contribution in [0.3, 0.4) is 0 Å². The molecule has 2 aromatic heterocycles. The highest BCUT2D eigenvalue weighted by Crippen LogP contribution is 2.30. The van der Waals surface area contributed by atoms with Crippen LogP contribution >= 0.6 is 0 Å². The highest BCUT2D eigenvalue weighted by Gasteiger charge is 2.25. The van der Waals surface area contributed by atoms with Crippen LogP contribution in [0.1, 0.15) is 48.4 Å². The van der Waals surface area contributed by atoms with E-state index in [0.29, 0.717) is 0 Å². The van der Waals surface area contributed by atoms with E-state index in [1.165, 1.54) is 11.1 Å². The number of furan rings is 1. The lowest BCUT2D eigenvalue weighted by molar-refractivity contribution is 0.488. The van der Waals surface area contributed by atoms with Crippen molar-refractivity contribution in [2.75, 3.05) is 6.54 Å². The van der Waals surface area contributed by atoms with Crippen molar-refractivity contribution in [3.8, 4) is 0 Å². The predicted octanol–water partition coefficient (Wildman–Crippen LogP) is 3.12. The molecule has 4 nitrogen and oxygen atoms in total. The summed E-state index contributed by atoms with van der Waals surface area (Å²) in [5.41, 5.74) is 2.44. The van der Waals surface area contributed by atoms with Crippen LogP contribution in [0.5, 0.6) is 0 Å². The molecule has 19 heavy (non-hydrogen) atoms. The lowest BCUT2D eigenvalue weighted by Gasteiger charge is -2.19. The van der Waals surface area contributed by atoms with Gasteiger partial charge in [-0.2, -0.15) is 0 Å². The molecule has 1 unspecified atom stereocenters. The van der Waals surface area contributed by atoms with Crippen molar-refractivity contribution >= 4 is 0 Å². The van der Waals surface area contributed by atoms with Gasteiger partial charge >= 0.3 is 0 Å². The topological polar surface area (TPSA) is 43.0 Å². The van der Waals surface area contributed by atoms with Gasteiger partial charge in [-0.15, -0.1) is 0 Å². The average Bonchev–Trinajstić information content (AvgIpc) is 2.94. The number of hydrogen-bond acceptors (Lipinski definition) is 3. The van der Waals surface area contributed by atoms with E-state index < -0.39 is 0 Å². The maximum Gasteiger partial charge on any atom is 0.130 e. The Bertz CT molecular complexity index is 554. The van der Waals surface area contributed by atoms with Crippen LogP contribution in [0, 0.1) is 20.8 Å². The van der Waals surface area contributed by atoms with Gasteiger partial charge in [0.2, 0.25) is 0 Å². The van der Waals surface area contributed by atoms with Gasteiger partial charge in [0, 0.05) is 24.5 Å². The van der Waals surface area contributed by atoms with E-state index in [2.05, 4.69) is 35.6 Å². The fourth-order valence-electron chi connectivity index (χ4n) is 2.61. The van der Waals surface area contributed by atoms with Gasteiger partial charge in [-0.1, -0.05) is 6.92 Å². The van der Waals surface area contributed by atoms with Crippen LogP contribution in [-0.2, 0) is 6.54 Å². The second kappa shape index (κ2) is 5.61. The number of hydrogen-bond donors (Lipinski definition) is 1. The number of aromatic nitrogens is 2. The Kier molecular flexibility index (Phi) is 4.10. The fourth-order valence-corrected chi connectivity index (χ4v) is 2.61. The van der Waals surface area contributed by atoms with Crippen molar-refractivity contribution in [2.24, 2.45) is 0 Å². The van der Waals surface area contributed by atoms with Crippen molar-refractivity contribution in [2.45, 2.75) is 47.2 Å². The summed E-state index contributed by atoms with van der Waals surface area (Å²) >= 11 is 0. The molecule has 0 aliphatic heterocycles. The van der Waals surface area contributed by atoms with E-state index in [1.807, 2.05) is 26.2 Å². The quantitative estimate of drug-likeness (QED) is 0.899. The summed E-state index contributed by atoms with van der Waals surface area (Å²) in [5.74, 6) is 3.02. The maximum absolute atomic E-state index is 5.77. The molecule has 2 rings (SSSR count). The van der Waals surface area contributed by atoms with Crippen LogP contribution in [0.4, 0.5) is 0 Å². The van der Waals surface area contributed by atoms with Crippen LogP contribution < -0.4 is 5.32 Å². The summed E-state index contributed by atoms with van der Waals surface area (Å²) in [6, 6.07) is 0.0948. The molecule has 0 saturated heterocycles. The van der Waals surface area contributed by atoms with Crippen molar-refractivity contribution in [1.82, 2.24) is 14.9 Å². The van der Waals surface area contributed by atoms with Gasteiger partial charge in [-0.05, 0) is 39.8 Å². The van der Waals surface area contributed by atoms with Crippen LogP contribution in [0.15, 0.2) is 16.8 Å². The molecule has 0 fully saturated rings. The minimum absolute atomic E-state index is 0.0948. The zero-order valence-corrected chi connectivity index (χ0v) is 12.4. The molecule has 0 radical (unpaired) electrons. The third-order valence-corrected chi connectivity index (χ3v) is 3.66. The molecule has 4 heteroatoms. The number of nitrogens with one attached hydrogen (secondary N) is 1. The zero-order chi connectivity index (χ0) is 14.0. The number of aryl methyl sites for hydroxylation is 3. The predicted molar refractivity (Wildman–Crippen MR) is 76.3 cm³/mol. The highest BCUT2D eigenvalue weighted by molar-refractivity contribution is 5.37. The van der Waals surface area contributed by atoms with E-state index in [9.17, 15) is 0 Å². The van der Waals surface area contributed by atoms with Crippen molar-refractivity contribution in [1.29, 1.82) is 0 Å². The molecule has 2 heterocycles. The first-order valence-corrected chi connectivity index (χ1v) is 6.91. The standard InChI is InChI=1S/C15H23N3O/c1-6-16-14(15-17-8-9-18(15)7-2)13-10(3)11(4)19-12(13)5/h8-9,14,16H,6-7H2,1-5H3. The van der Waals surface area contributed by atoms with Crippen molar-refractivity contribution in [3.63, 3.8) is 0 Å². The van der Waals surface area contributed by atoms with Gasteiger partial charge in [0.1, 0.15) is 17.3 Å². The smallest absolute Gasteiger partial charge is 0.130 e. The fraction of sp³-hybridized carbons (Fsp3) is 0.533. The Morgan fingerprint density at radius 2 is 2.00 bits per heavy atom. The first-order valence-electron chi connectivity index (χ1n) is 6.91. The summed E-state index contributed by atoms with van der Waals surface area (Å²) in [5, 5.41) is 3.53. The van der Waals surface area contributed by atoms with E-state index >= 15 is 0 Å². The molecule has 0 aliphatic rings. The van der Waals surface area contributed by atoms with Gasteiger partial charge in [-0.25, -0.2) is 4.98 Å². The van der Waals surface area contributed by atoms with E-state index in [1.54, 1.807) is 0 Å². The normalized spacial score (nSPS) is 12.9.